The maximum atomic E-state index is 13.4. The van der Waals surface area contributed by atoms with E-state index in [0.29, 0.717) is 34.8 Å². The summed E-state index contributed by atoms with van der Waals surface area (Å²) in [7, 11) is 0. The van der Waals surface area contributed by atoms with Crippen LogP contribution in [0.3, 0.4) is 0 Å². The van der Waals surface area contributed by atoms with Crippen molar-refractivity contribution >= 4 is 29.1 Å². The molecule has 2 aliphatic heterocycles. The van der Waals surface area contributed by atoms with Gasteiger partial charge in [0.15, 0.2) is 12.9 Å². The molecular weight excluding hydrogens is 474 g/mol. The highest BCUT2D eigenvalue weighted by atomic mass is 16.7. The van der Waals surface area contributed by atoms with Crippen LogP contribution < -0.4 is 15.4 Å². The Morgan fingerprint density at radius 2 is 1.78 bits per heavy atom. The fourth-order valence-electron chi connectivity index (χ4n) is 4.43. The summed E-state index contributed by atoms with van der Waals surface area (Å²) in [6, 6.07) is 19.6. The number of amides is 3. The van der Waals surface area contributed by atoms with Gasteiger partial charge in [0.05, 0.1) is 5.69 Å². The number of benzene rings is 3. The number of rotatable bonds is 7. The van der Waals surface area contributed by atoms with Crippen LogP contribution in [0.15, 0.2) is 66.7 Å². The molecule has 1 saturated heterocycles. The lowest BCUT2D eigenvalue weighted by molar-refractivity contribution is -0.118. The summed E-state index contributed by atoms with van der Waals surface area (Å²) < 4.78 is 10.5. The Balaban J connectivity index is 1.12. The molecule has 0 aromatic heterocycles. The fourth-order valence-corrected chi connectivity index (χ4v) is 4.43. The number of hydrogen-bond donors (Lipinski definition) is 3. The van der Waals surface area contributed by atoms with Gasteiger partial charge in [-0.1, -0.05) is 24.3 Å². The molecule has 0 radical (unpaired) electrons. The van der Waals surface area contributed by atoms with Crippen LogP contribution in [0.25, 0.3) is 0 Å². The first kappa shape index (κ1) is 23.2. The Labute approximate surface area is 213 Å². The Morgan fingerprint density at radius 1 is 1.03 bits per heavy atom. The first-order valence-corrected chi connectivity index (χ1v) is 12.2. The van der Waals surface area contributed by atoms with E-state index in [0.717, 1.165) is 24.0 Å². The Morgan fingerprint density at radius 3 is 2.51 bits per heavy atom. The molecule has 2 heterocycles. The molecular formula is C28H25N3O6. The first-order chi connectivity index (χ1) is 17.9. The molecule has 0 spiro atoms. The molecule has 188 valence electrons. The highest BCUT2D eigenvalue weighted by Crippen LogP contribution is 2.37. The summed E-state index contributed by atoms with van der Waals surface area (Å²) in [5, 5.41) is 15.1. The van der Waals surface area contributed by atoms with Crippen LogP contribution in [0, 0.1) is 0 Å². The molecule has 6 rings (SSSR count). The molecule has 2 unspecified atom stereocenters. The summed E-state index contributed by atoms with van der Waals surface area (Å²) in [5.41, 5.74) is 3.90. The number of aliphatic hydroxyl groups is 1. The van der Waals surface area contributed by atoms with Crippen molar-refractivity contribution in [3.63, 3.8) is 0 Å². The summed E-state index contributed by atoms with van der Waals surface area (Å²) in [6.07, 6.45) is 0.768. The van der Waals surface area contributed by atoms with E-state index in [1.54, 1.807) is 48.5 Å². The van der Waals surface area contributed by atoms with Crippen LogP contribution >= 0.6 is 0 Å². The Kier molecular flexibility index (Phi) is 5.86. The van der Waals surface area contributed by atoms with Crippen molar-refractivity contribution in [3.05, 3.63) is 89.0 Å². The number of epoxide rings is 1. The molecule has 3 N–H and O–H groups in total. The third kappa shape index (κ3) is 5.04. The average Bonchev–Trinajstić information content (AvgIpc) is 3.84. The number of carbonyl (C=O) groups is 3. The van der Waals surface area contributed by atoms with Gasteiger partial charge in [-0.2, -0.15) is 0 Å². The maximum absolute atomic E-state index is 13.4. The lowest BCUT2D eigenvalue weighted by atomic mass is 10.1. The van der Waals surface area contributed by atoms with Crippen molar-refractivity contribution in [3.8, 4) is 5.75 Å². The number of anilines is 2. The quantitative estimate of drug-likeness (QED) is 0.428. The number of aliphatic hydroxyl groups excluding tert-OH is 1. The van der Waals surface area contributed by atoms with E-state index in [2.05, 4.69) is 10.6 Å². The molecule has 2 fully saturated rings. The van der Waals surface area contributed by atoms with Crippen molar-refractivity contribution in [2.24, 2.45) is 0 Å². The first-order valence-electron chi connectivity index (χ1n) is 12.2. The summed E-state index contributed by atoms with van der Waals surface area (Å²) in [6.45, 7) is 0.353. The molecule has 3 aliphatic rings. The molecule has 9 heteroatoms. The molecule has 0 bridgehead atoms. The standard InChI is InChI=1S/C28H25N3O6/c32-24-15-36-23-13-19(8-11-22(23)30-24)27(34)31(21-9-10-21)14-16-4-6-17(7-5-16)26(33)29-20-3-1-2-18(12-20)25-28(35)37-25/h1-8,11-13,21,25,28,35H,9-10,14-15H2,(H,29,33)(H,30,32). The smallest absolute Gasteiger partial charge is 0.262 e. The predicted molar refractivity (Wildman–Crippen MR) is 134 cm³/mol. The summed E-state index contributed by atoms with van der Waals surface area (Å²) in [5.74, 6) is -0.0815. The SMILES string of the molecule is O=C1COc2cc(C(=O)N(Cc3ccc(C(=O)Nc4cccc(C5OC5O)c4)cc3)C3CC3)ccc2N1. The van der Waals surface area contributed by atoms with Crippen LogP contribution in [0.5, 0.6) is 5.75 Å². The van der Waals surface area contributed by atoms with Gasteiger partial charge < -0.3 is 30.1 Å². The number of nitrogens with zero attached hydrogens (tertiary/aromatic N) is 1. The average molecular weight is 500 g/mol. The number of nitrogens with one attached hydrogen (secondary N) is 2. The van der Waals surface area contributed by atoms with E-state index in [1.165, 1.54) is 0 Å². The lowest BCUT2D eigenvalue weighted by Gasteiger charge is -2.24. The monoisotopic (exact) mass is 499 g/mol. The van der Waals surface area contributed by atoms with Gasteiger partial charge in [-0.05, 0) is 66.4 Å². The zero-order valence-corrected chi connectivity index (χ0v) is 19.8. The van der Waals surface area contributed by atoms with Crippen LogP contribution in [-0.4, -0.2) is 46.7 Å². The molecule has 37 heavy (non-hydrogen) atoms. The largest absolute Gasteiger partial charge is 0.482 e. The second-order valence-electron chi connectivity index (χ2n) is 9.44. The van der Waals surface area contributed by atoms with Crippen LogP contribution in [0.2, 0.25) is 0 Å². The number of hydrogen-bond acceptors (Lipinski definition) is 6. The van der Waals surface area contributed by atoms with Gasteiger partial charge in [-0.3, -0.25) is 14.4 Å². The van der Waals surface area contributed by atoms with E-state index >= 15 is 0 Å². The molecule has 3 aromatic carbocycles. The fraction of sp³-hybridized carbons (Fsp3) is 0.250. The van der Waals surface area contributed by atoms with Crippen molar-refractivity contribution in [1.29, 1.82) is 0 Å². The predicted octanol–water partition coefficient (Wildman–Crippen LogP) is 3.46. The maximum Gasteiger partial charge on any atom is 0.262 e. The second kappa shape index (κ2) is 9.34. The van der Waals surface area contributed by atoms with Crippen LogP contribution in [0.1, 0.15) is 50.8 Å². The van der Waals surface area contributed by atoms with Gasteiger partial charge in [0, 0.05) is 29.4 Å². The minimum absolute atomic E-state index is 0.0690. The van der Waals surface area contributed by atoms with E-state index in [4.69, 9.17) is 9.47 Å². The van der Waals surface area contributed by atoms with Gasteiger partial charge in [0.25, 0.3) is 17.7 Å². The minimum atomic E-state index is -0.788. The van der Waals surface area contributed by atoms with Gasteiger partial charge in [0.1, 0.15) is 11.9 Å². The van der Waals surface area contributed by atoms with E-state index in [1.807, 2.05) is 23.1 Å². The molecule has 1 saturated carbocycles. The second-order valence-corrected chi connectivity index (χ2v) is 9.44. The van der Waals surface area contributed by atoms with Gasteiger partial charge >= 0.3 is 0 Å². The summed E-state index contributed by atoms with van der Waals surface area (Å²) in [4.78, 5) is 39.5. The van der Waals surface area contributed by atoms with Gasteiger partial charge in [-0.15, -0.1) is 0 Å². The topological polar surface area (TPSA) is 121 Å². The highest BCUT2D eigenvalue weighted by Gasteiger charge is 2.38. The zero-order valence-electron chi connectivity index (χ0n) is 19.8. The number of carbonyl (C=O) groups excluding carboxylic acids is 3. The molecule has 3 aromatic rings. The normalized spacial score (nSPS) is 19.8. The minimum Gasteiger partial charge on any atom is -0.482 e. The summed E-state index contributed by atoms with van der Waals surface area (Å²) >= 11 is 0. The van der Waals surface area contributed by atoms with Crippen LogP contribution in [0.4, 0.5) is 11.4 Å². The van der Waals surface area contributed by atoms with Gasteiger partial charge in [-0.25, -0.2) is 0 Å². The molecule has 2 atom stereocenters. The van der Waals surface area contributed by atoms with Crippen molar-refractivity contribution in [2.75, 3.05) is 17.2 Å². The van der Waals surface area contributed by atoms with E-state index in [-0.39, 0.29) is 36.5 Å². The zero-order chi connectivity index (χ0) is 25.5. The lowest BCUT2D eigenvalue weighted by Crippen LogP contribution is -2.33. The van der Waals surface area contributed by atoms with Crippen molar-refractivity contribution in [1.82, 2.24) is 4.90 Å². The molecule has 3 amide bonds. The Hall–Kier alpha value is -4.21. The van der Waals surface area contributed by atoms with Gasteiger partial charge in [0.2, 0.25) is 0 Å². The third-order valence-electron chi connectivity index (χ3n) is 6.62. The molecule has 9 nitrogen and oxygen atoms in total. The van der Waals surface area contributed by atoms with Crippen molar-refractivity contribution in [2.45, 2.75) is 37.8 Å². The highest BCUT2D eigenvalue weighted by molar-refractivity contribution is 6.04. The van der Waals surface area contributed by atoms with E-state index < -0.39 is 6.29 Å². The Bertz CT molecular complexity index is 1380. The number of fused-ring (bicyclic) bond motifs is 1. The molecule has 1 aliphatic carbocycles. The third-order valence-corrected chi connectivity index (χ3v) is 6.62. The van der Waals surface area contributed by atoms with E-state index in [9.17, 15) is 19.5 Å². The van der Waals surface area contributed by atoms with Crippen molar-refractivity contribution < 1.29 is 29.0 Å². The van der Waals surface area contributed by atoms with Crippen LogP contribution in [-0.2, 0) is 16.1 Å². The number of ether oxygens (including phenoxy) is 2.